The summed E-state index contributed by atoms with van der Waals surface area (Å²) < 4.78 is 0. The molecular weight excluding hydrogens is 316 g/mol. The molecule has 0 bridgehead atoms. The topological polar surface area (TPSA) is 54.5 Å². The Morgan fingerprint density at radius 2 is 1.75 bits per heavy atom. The van der Waals surface area contributed by atoms with Gasteiger partial charge in [-0.2, -0.15) is 5.10 Å². The number of thiazole rings is 1. The maximum Gasteiger partial charge on any atom is 0.181 e. The van der Waals surface area contributed by atoms with Gasteiger partial charge in [0.2, 0.25) is 0 Å². The van der Waals surface area contributed by atoms with Crippen molar-refractivity contribution in [3.05, 3.63) is 76.4 Å². The Morgan fingerprint density at radius 3 is 2.58 bits per heavy atom. The smallest absolute Gasteiger partial charge is 0.181 e. The van der Waals surface area contributed by atoms with Crippen LogP contribution in [0.3, 0.4) is 0 Å². The standard InChI is InChI=1S/C19H16N4S/c1-13-7-5-6-10-15(13)16-12-24-18(20-16)11-17-21-19(23-22-17)14-8-3-2-4-9-14/h2-10,12H,11H2,1H3,(H,21,22,23). The fourth-order valence-electron chi connectivity index (χ4n) is 2.61. The molecule has 1 N–H and O–H groups in total. The van der Waals surface area contributed by atoms with Crippen molar-refractivity contribution >= 4 is 11.3 Å². The summed E-state index contributed by atoms with van der Waals surface area (Å²) in [6.45, 7) is 2.11. The molecule has 0 atom stereocenters. The van der Waals surface area contributed by atoms with Crippen LogP contribution in [-0.2, 0) is 6.42 Å². The van der Waals surface area contributed by atoms with Crippen molar-refractivity contribution in [3.63, 3.8) is 0 Å². The van der Waals surface area contributed by atoms with Crippen LogP contribution in [0.25, 0.3) is 22.6 Å². The zero-order chi connectivity index (χ0) is 16.4. The Hall–Kier alpha value is -2.79. The van der Waals surface area contributed by atoms with Gasteiger partial charge in [0.25, 0.3) is 0 Å². The molecule has 0 unspecified atom stereocenters. The Labute approximate surface area is 144 Å². The van der Waals surface area contributed by atoms with E-state index >= 15 is 0 Å². The van der Waals surface area contributed by atoms with E-state index in [0.717, 1.165) is 27.9 Å². The van der Waals surface area contributed by atoms with Gasteiger partial charge in [-0.05, 0) is 12.5 Å². The minimum atomic E-state index is 0.663. The summed E-state index contributed by atoms with van der Waals surface area (Å²) in [6.07, 6.45) is 0.663. The number of aromatic nitrogens is 4. The summed E-state index contributed by atoms with van der Waals surface area (Å²) in [7, 11) is 0. The summed E-state index contributed by atoms with van der Waals surface area (Å²) in [5.74, 6) is 1.56. The molecule has 0 saturated heterocycles. The van der Waals surface area contributed by atoms with E-state index in [0.29, 0.717) is 6.42 Å². The number of nitrogens with zero attached hydrogens (tertiary/aromatic N) is 3. The fourth-order valence-corrected chi connectivity index (χ4v) is 3.41. The summed E-state index contributed by atoms with van der Waals surface area (Å²) in [5.41, 5.74) is 4.46. The highest BCUT2D eigenvalue weighted by molar-refractivity contribution is 7.10. The highest BCUT2D eigenvalue weighted by Gasteiger charge is 2.10. The maximum absolute atomic E-state index is 4.75. The molecule has 24 heavy (non-hydrogen) atoms. The van der Waals surface area contributed by atoms with E-state index in [1.807, 2.05) is 42.5 Å². The zero-order valence-corrected chi connectivity index (χ0v) is 14.0. The van der Waals surface area contributed by atoms with Gasteiger partial charge in [0, 0.05) is 16.5 Å². The Kier molecular flexibility index (Phi) is 3.92. The van der Waals surface area contributed by atoms with E-state index in [9.17, 15) is 0 Å². The molecule has 2 heterocycles. The van der Waals surface area contributed by atoms with Crippen molar-refractivity contribution in [2.45, 2.75) is 13.3 Å². The molecular formula is C19H16N4S. The third kappa shape index (κ3) is 2.98. The molecule has 4 rings (SSSR count). The number of H-pyrrole nitrogens is 1. The van der Waals surface area contributed by atoms with Crippen molar-refractivity contribution in [1.29, 1.82) is 0 Å². The minimum Gasteiger partial charge on any atom is -0.262 e. The Bertz CT molecular complexity index is 956. The number of benzene rings is 2. The van der Waals surface area contributed by atoms with Crippen molar-refractivity contribution in [1.82, 2.24) is 20.2 Å². The third-order valence-corrected chi connectivity index (χ3v) is 4.70. The molecule has 0 aliphatic carbocycles. The predicted octanol–water partition coefficient (Wildman–Crippen LogP) is 4.49. The summed E-state index contributed by atoms with van der Waals surface area (Å²) >= 11 is 1.65. The van der Waals surface area contributed by atoms with Crippen LogP contribution in [0.15, 0.2) is 60.0 Å². The molecule has 0 amide bonds. The molecule has 2 aromatic heterocycles. The lowest BCUT2D eigenvalue weighted by atomic mass is 10.1. The van der Waals surface area contributed by atoms with Crippen LogP contribution in [0, 0.1) is 6.92 Å². The van der Waals surface area contributed by atoms with Gasteiger partial charge in [-0.3, -0.25) is 5.10 Å². The number of nitrogens with one attached hydrogen (secondary N) is 1. The number of hydrogen-bond acceptors (Lipinski definition) is 4. The molecule has 0 aliphatic heterocycles. The van der Waals surface area contributed by atoms with Crippen molar-refractivity contribution in [2.75, 3.05) is 0 Å². The van der Waals surface area contributed by atoms with Gasteiger partial charge >= 0.3 is 0 Å². The SMILES string of the molecule is Cc1ccccc1-c1csc(Cc2nc(-c3ccccc3)n[nH]2)n1. The quantitative estimate of drug-likeness (QED) is 0.599. The van der Waals surface area contributed by atoms with Gasteiger partial charge in [0.15, 0.2) is 5.82 Å². The van der Waals surface area contributed by atoms with Crippen LogP contribution in [0.5, 0.6) is 0 Å². The van der Waals surface area contributed by atoms with E-state index < -0.39 is 0 Å². The molecule has 2 aromatic carbocycles. The highest BCUT2D eigenvalue weighted by Crippen LogP contribution is 2.25. The number of aromatic amines is 1. The van der Waals surface area contributed by atoms with Crippen molar-refractivity contribution < 1.29 is 0 Å². The largest absolute Gasteiger partial charge is 0.262 e. The van der Waals surface area contributed by atoms with E-state index in [1.54, 1.807) is 11.3 Å². The molecule has 118 valence electrons. The second kappa shape index (κ2) is 6.37. The zero-order valence-electron chi connectivity index (χ0n) is 13.2. The fraction of sp³-hybridized carbons (Fsp3) is 0.105. The highest BCUT2D eigenvalue weighted by atomic mass is 32.1. The first-order valence-electron chi connectivity index (χ1n) is 7.77. The third-order valence-electron chi connectivity index (χ3n) is 3.86. The van der Waals surface area contributed by atoms with Gasteiger partial charge in [0.05, 0.1) is 12.1 Å². The maximum atomic E-state index is 4.75. The Morgan fingerprint density at radius 1 is 0.958 bits per heavy atom. The van der Waals surface area contributed by atoms with Crippen LogP contribution in [0.4, 0.5) is 0 Å². The van der Waals surface area contributed by atoms with Crippen LogP contribution >= 0.6 is 11.3 Å². The molecule has 4 nitrogen and oxygen atoms in total. The lowest BCUT2D eigenvalue weighted by Crippen LogP contribution is -1.91. The summed E-state index contributed by atoms with van der Waals surface area (Å²) in [6, 6.07) is 18.3. The molecule has 0 saturated carbocycles. The number of aryl methyl sites for hydroxylation is 1. The molecule has 4 aromatic rings. The van der Waals surface area contributed by atoms with Crippen LogP contribution in [0.2, 0.25) is 0 Å². The molecule has 0 radical (unpaired) electrons. The van der Waals surface area contributed by atoms with E-state index in [4.69, 9.17) is 4.98 Å². The average Bonchev–Trinajstić information content (AvgIpc) is 3.26. The van der Waals surface area contributed by atoms with Gasteiger partial charge in [0.1, 0.15) is 10.8 Å². The normalized spacial score (nSPS) is 10.9. The monoisotopic (exact) mass is 332 g/mol. The molecule has 0 fully saturated rings. The van der Waals surface area contributed by atoms with E-state index in [2.05, 4.69) is 39.6 Å². The second-order valence-electron chi connectivity index (χ2n) is 5.59. The molecule has 0 spiro atoms. The van der Waals surface area contributed by atoms with Crippen molar-refractivity contribution in [3.8, 4) is 22.6 Å². The first kappa shape index (κ1) is 14.8. The second-order valence-corrected chi connectivity index (χ2v) is 6.53. The number of rotatable bonds is 4. The molecule has 0 aliphatic rings. The summed E-state index contributed by atoms with van der Waals surface area (Å²) in [5, 5.41) is 10.5. The van der Waals surface area contributed by atoms with Crippen LogP contribution in [-0.4, -0.2) is 20.2 Å². The number of hydrogen-bond donors (Lipinski definition) is 1. The first-order valence-corrected chi connectivity index (χ1v) is 8.64. The summed E-state index contributed by atoms with van der Waals surface area (Å²) in [4.78, 5) is 9.32. The van der Waals surface area contributed by atoms with Gasteiger partial charge in [-0.1, -0.05) is 54.6 Å². The lowest BCUT2D eigenvalue weighted by Gasteiger charge is -2.00. The molecule has 5 heteroatoms. The van der Waals surface area contributed by atoms with Crippen molar-refractivity contribution in [2.24, 2.45) is 0 Å². The lowest BCUT2D eigenvalue weighted by molar-refractivity contribution is 0.963. The van der Waals surface area contributed by atoms with Gasteiger partial charge < -0.3 is 0 Å². The van der Waals surface area contributed by atoms with Crippen LogP contribution in [0.1, 0.15) is 16.4 Å². The van der Waals surface area contributed by atoms with E-state index in [-0.39, 0.29) is 0 Å². The predicted molar refractivity (Wildman–Crippen MR) is 96.9 cm³/mol. The average molecular weight is 332 g/mol. The minimum absolute atomic E-state index is 0.663. The van der Waals surface area contributed by atoms with Gasteiger partial charge in [-0.15, -0.1) is 11.3 Å². The van der Waals surface area contributed by atoms with Crippen LogP contribution < -0.4 is 0 Å². The van der Waals surface area contributed by atoms with Gasteiger partial charge in [-0.25, -0.2) is 9.97 Å². The van der Waals surface area contributed by atoms with E-state index in [1.165, 1.54) is 11.1 Å². The first-order chi connectivity index (χ1) is 11.8. The Balaban J connectivity index is 1.55.